The Morgan fingerprint density at radius 1 is 1.00 bits per heavy atom. The first-order valence-electron chi connectivity index (χ1n) is 7.90. The summed E-state index contributed by atoms with van der Waals surface area (Å²) in [6.07, 6.45) is 0. The Kier molecular flexibility index (Phi) is 6.71. The lowest BCUT2D eigenvalue weighted by molar-refractivity contribution is -0.134. The van der Waals surface area contributed by atoms with E-state index >= 15 is 0 Å². The van der Waals surface area contributed by atoms with Crippen molar-refractivity contribution in [3.05, 3.63) is 30.3 Å². The van der Waals surface area contributed by atoms with E-state index in [4.69, 9.17) is 5.73 Å². The molecule has 0 radical (unpaired) electrons. The van der Waals surface area contributed by atoms with Gasteiger partial charge in [-0.3, -0.25) is 19.3 Å². The normalized spacial score (nSPS) is 15.0. The zero-order valence-electron chi connectivity index (χ0n) is 13.5. The summed E-state index contributed by atoms with van der Waals surface area (Å²) in [6.45, 7) is 2.45. The smallest absolute Gasteiger partial charge is 0.242 e. The molecular formula is C16H23N5O3. The van der Waals surface area contributed by atoms with E-state index in [9.17, 15) is 14.4 Å². The molecule has 1 aromatic rings. The van der Waals surface area contributed by atoms with E-state index in [-0.39, 0.29) is 30.8 Å². The molecule has 1 heterocycles. The number of piperazine rings is 1. The van der Waals surface area contributed by atoms with Crippen LogP contribution in [-0.4, -0.2) is 73.3 Å². The number of para-hydroxylation sites is 1. The maximum absolute atomic E-state index is 12.0. The van der Waals surface area contributed by atoms with Crippen molar-refractivity contribution in [1.82, 2.24) is 15.1 Å². The molecule has 0 aliphatic carbocycles. The van der Waals surface area contributed by atoms with Gasteiger partial charge in [0.05, 0.1) is 19.6 Å². The summed E-state index contributed by atoms with van der Waals surface area (Å²) in [7, 11) is 0. The summed E-state index contributed by atoms with van der Waals surface area (Å²) in [5.41, 5.74) is 5.95. The molecule has 1 aliphatic heterocycles. The fourth-order valence-corrected chi connectivity index (χ4v) is 2.44. The molecule has 2 rings (SSSR count). The van der Waals surface area contributed by atoms with Crippen LogP contribution in [0.1, 0.15) is 0 Å². The molecule has 1 fully saturated rings. The van der Waals surface area contributed by atoms with Crippen LogP contribution in [0.2, 0.25) is 0 Å². The number of hydrogen-bond donors (Lipinski definition) is 3. The van der Waals surface area contributed by atoms with Crippen molar-refractivity contribution in [1.29, 1.82) is 0 Å². The standard InChI is InChI=1S/C16H23N5O3/c17-10-14(22)18-11-16(24)21-8-6-20(7-9-21)12-15(23)19-13-4-2-1-3-5-13/h1-5H,6-12,17H2,(H,18,22)(H,19,23). The van der Waals surface area contributed by atoms with Crippen molar-refractivity contribution in [2.45, 2.75) is 0 Å². The van der Waals surface area contributed by atoms with Crippen LogP contribution in [0.15, 0.2) is 30.3 Å². The topological polar surface area (TPSA) is 108 Å². The summed E-state index contributed by atoms with van der Waals surface area (Å²) in [4.78, 5) is 38.7. The molecule has 1 saturated heterocycles. The molecule has 0 aromatic heterocycles. The fraction of sp³-hybridized carbons (Fsp3) is 0.438. The van der Waals surface area contributed by atoms with Gasteiger partial charge < -0.3 is 21.3 Å². The summed E-state index contributed by atoms with van der Waals surface area (Å²) in [5, 5.41) is 5.31. The average molecular weight is 333 g/mol. The molecule has 0 saturated carbocycles. The predicted molar refractivity (Wildman–Crippen MR) is 90.2 cm³/mol. The van der Waals surface area contributed by atoms with E-state index in [1.807, 2.05) is 35.2 Å². The first-order chi connectivity index (χ1) is 11.6. The second kappa shape index (κ2) is 8.99. The van der Waals surface area contributed by atoms with Crippen molar-refractivity contribution in [3.8, 4) is 0 Å². The number of nitrogens with two attached hydrogens (primary N) is 1. The van der Waals surface area contributed by atoms with Crippen molar-refractivity contribution in [3.63, 3.8) is 0 Å². The van der Waals surface area contributed by atoms with Gasteiger partial charge in [-0.2, -0.15) is 0 Å². The first-order valence-corrected chi connectivity index (χ1v) is 7.90. The average Bonchev–Trinajstić information content (AvgIpc) is 2.60. The Morgan fingerprint density at radius 3 is 2.29 bits per heavy atom. The van der Waals surface area contributed by atoms with Crippen molar-refractivity contribution < 1.29 is 14.4 Å². The minimum atomic E-state index is -0.348. The third kappa shape index (κ3) is 5.64. The molecule has 1 aromatic carbocycles. The minimum absolute atomic E-state index is 0.0372. The predicted octanol–water partition coefficient (Wildman–Crippen LogP) is -1.16. The lowest BCUT2D eigenvalue weighted by atomic mass is 10.3. The molecule has 1 aliphatic rings. The maximum atomic E-state index is 12.0. The SMILES string of the molecule is NCC(=O)NCC(=O)N1CCN(CC(=O)Nc2ccccc2)CC1. The number of nitrogens with one attached hydrogen (secondary N) is 2. The molecule has 3 amide bonds. The van der Waals surface area contributed by atoms with Crippen LogP contribution in [0.3, 0.4) is 0 Å². The number of carbonyl (C=O) groups excluding carboxylic acids is 3. The molecule has 8 nitrogen and oxygen atoms in total. The van der Waals surface area contributed by atoms with E-state index in [0.29, 0.717) is 32.7 Å². The van der Waals surface area contributed by atoms with Gasteiger partial charge in [0.15, 0.2) is 0 Å². The lowest BCUT2D eigenvalue weighted by Gasteiger charge is -2.34. The van der Waals surface area contributed by atoms with Gasteiger partial charge in [0.2, 0.25) is 17.7 Å². The Morgan fingerprint density at radius 2 is 1.67 bits per heavy atom. The van der Waals surface area contributed by atoms with Gasteiger partial charge >= 0.3 is 0 Å². The summed E-state index contributed by atoms with van der Waals surface area (Å²) >= 11 is 0. The van der Waals surface area contributed by atoms with Gasteiger partial charge in [0, 0.05) is 31.9 Å². The van der Waals surface area contributed by atoms with Gasteiger partial charge in [-0.25, -0.2) is 0 Å². The molecular weight excluding hydrogens is 310 g/mol. The number of amides is 3. The van der Waals surface area contributed by atoms with Crippen LogP contribution in [0, 0.1) is 0 Å². The van der Waals surface area contributed by atoms with Gasteiger partial charge in [-0.15, -0.1) is 0 Å². The summed E-state index contributed by atoms with van der Waals surface area (Å²) in [5.74, 6) is -0.555. The van der Waals surface area contributed by atoms with Crippen LogP contribution in [0.5, 0.6) is 0 Å². The zero-order valence-corrected chi connectivity index (χ0v) is 13.5. The van der Waals surface area contributed by atoms with Gasteiger partial charge in [0.25, 0.3) is 0 Å². The lowest BCUT2D eigenvalue weighted by Crippen LogP contribution is -2.52. The monoisotopic (exact) mass is 333 g/mol. The van der Waals surface area contributed by atoms with Crippen LogP contribution in [0.4, 0.5) is 5.69 Å². The highest BCUT2D eigenvalue weighted by Crippen LogP contribution is 2.06. The van der Waals surface area contributed by atoms with Gasteiger partial charge in [-0.1, -0.05) is 18.2 Å². The number of hydrogen-bond acceptors (Lipinski definition) is 5. The van der Waals surface area contributed by atoms with E-state index in [0.717, 1.165) is 5.69 Å². The van der Waals surface area contributed by atoms with Gasteiger partial charge in [0.1, 0.15) is 0 Å². The van der Waals surface area contributed by atoms with Crippen LogP contribution < -0.4 is 16.4 Å². The second-order valence-electron chi connectivity index (χ2n) is 5.55. The molecule has 0 atom stereocenters. The van der Waals surface area contributed by atoms with Crippen LogP contribution in [-0.2, 0) is 14.4 Å². The highest BCUT2D eigenvalue weighted by molar-refractivity contribution is 5.92. The molecule has 0 spiro atoms. The Labute approximate surface area is 141 Å². The van der Waals surface area contributed by atoms with Gasteiger partial charge in [-0.05, 0) is 12.1 Å². The third-order valence-corrected chi connectivity index (χ3v) is 3.77. The number of rotatable bonds is 6. The van der Waals surface area contributed by atoms with Crippen LogP contribution in [0.25, 0.3) is 0 Å². The highest BCUT2D eigenvalue weighted by Gasteiger charge is 2.22. The number of anilines is 1. The quantitative estimate of drug-likeness (QED) is 0.609. The molecule has 24 heavy (non-hydrogen) atoms. The summed E-state index contributed by atoms with van der Waals surface area (Å²) < 4.78 is 0. The molecule has 0 unspecified atom stereocenters. The zero-order chi connectivity index (χ0) is 17.4. The number of nitrogens with zero attached hydrogens (tertiary/aromatic N) is 2. The van der Waals surface area contributed by atoms with E-state index in [1.54, 1.807) is 4.90 Å². The fourth-order valence-electron chi connectivity index (χ4n) is 2.44. The van der Waals surface area contributed by atoms with E-state index in [2.05, 4.69) is 10.6 Å². The maximum Gasteiger partial charge on any atom is 0.242 e. The molecule has 130 valence electrons. The molecule has 8 heteroatoms. The Bertz CT molecular complexity index is 570. The third-order valence-electron chi connectivity index (χ3n) is 3.77. The van der Waals surface area contributed by atoms with Crippen molar-refractivity contribution in [2.75, 3.05) is 51.1 Å². The first kappa shape index (κ1) is 17.9. The van der Waals surface area contributed by atoms with E-state index in [1.165, 1.54) is 0 Å². The van der Waals surface area contributed by atoms with Crippen molar-refractivity contribution in [2.24, 2.45) is 5.73 Å². The minimum Gasteiger partial charge on any atom is -0.346 e. The Balaban J connectivity index is 1.69. The van der Waals surface area contributed by atoms with Crippen molar-refractivity contribution >= 4 is 23.4 Å². The summed E-state index contributed by atoms with van der Waals surface area (Å²) in [6, 6.07) is 9.29. The van der Waals surface area contributed by atoms with Crippen LogP contribution >= 0.6 is 0 Å². The molecule has 0 bridgehead atoms. The molecule has 4 N–H and O–H groups in total. The Hall–Kier alpha value is -2.45. The largest absolute Gasteiger partial charge is 0.346 e. The second-order valence-corrected chi connectivity index (χ2v) is 5.55. The number of benzene rings is 1. The van der Waals surface area contributed by atoms with E-state index < -0.39 is 0 Å². The highest BCUT2D eigenvalue weighted by atomic mass is 16.2. The number of carbonyl (C=O) groups is 3.